The third-order valence-corrected chi connectivity index (χ3v) is 2.83. The molecular weight excluding hydrogens is 240 g/mol. The van der Waals surface area contributed by atoms with Crippen LogP contribution in [-0.4, -0.2) is 33.4 Å². The molecule has 4 heteroatoms. The van der Waals surface area contributed by atoms with E-state index in [1.807, 2.05) is 25.1 Å². The first kappa shape index (κ1) is 15.6. The van der Waals surface area contributed by atoms with Gasteiger partial charge in [-0.3, -0.25) is 0 Å². The number of para-hydroxylation sites is 1. The second-order valence-electron chi connectivity index (χ2n) is 4.95. The van der Waals surface area contributed by atoms with E-state index in [4.69, 9.17) is 15.2 Å². The molecule has 0 saturated heterocycles. The summed E-state index contributed by atoms with van der Waals surface area (Å²) < 4.78 is 10.7. The number of ether oxygens (including phenoxy) is 2. The lowest BCUT2D eigenvalue weighted by Gasteiger charge is -2.28. The van der Waals surface area contributed by atoms with Crippen molar-refractivity contribution in [2.24, 2.45) is 5.92 Å². The number of rotatable bonds is 8. The topological polar surface area (TPSA) is 47.7 Å². The summed E-state index contributed by atoms with van der Waals surface area (Å²) in [5.41, 5.74) is 7.94. The van der Waals surface area contributed by atoms with Gasteiger partial charge in [0.1, 0.15) is 5.75 Å². The molecule has 0 aliphatic rings. The van der Waals surface area contributed by atoms with E-state index in [9.17, 15) is 0 Å². The van der Waals surface area contributed by atoms with Gasteiger partial charge in [0.25, 0.3) is 0 Å². The monoisotopic (exact) mass is 266 g/mol. The Morgan fingerprint density at radius 1 is 1.32 bits per heavy atom. The van der Waals surface area contributed by atoms with Gasteiger partial charge < -0.3 is 20.1 Å². The number of hydrogen-bond acceptors (Lipinski definition) is 4. The van der Waals surface area contributed by atoms with Gasteiger partial charge in [-0.15, -0.1) is 0 Å². The summed E-state index contributed by atoms with van der Waals surface area (Å²) in [4.78, 5) is 2.26. The van der Waals surface area contributed by atoms with Crippen LogP contribution in [0.25, 0.3) is 0 Å². The molecule has 1 aromatic rings. The van der Waals surface area contributed by atoms with Crippen LogP contribution in [-0.2, 0) is 4.74 Å². The second kappa shape index (κ2) is 7.89. The summed E-state index contributed by atoms with van der Waals surface area (Å²) in [6.07, 6.45) is 0. The van der Waals surface area contributed by atoms with E-state index in [1.165, 1.54) is 0 Å². The van der Waals surface area contributed by atoms with Gasteiger partial charge in [0.05, 0.1) is 24.6 Å². The highest BCUT2D eigenvalue weighted by atomic mass is 16.5. The van der Waals surface area contributed by atoms with E-state index in [2.05, 4.69) is 18.7 Å². The van der Waals surface area contributed by atoms with Crippen LogP contribution in [0, 0.1) is 5.92 Å². The van der Waals surface area contributed by atoms with Gasteiger partial charge in [-0.1, -0.05) is 19.9 Å². The molecule has 0 aliphatic carbocycles. The van der Waals surface area contributed by atoms with Crippen LogP contribution in [0.4, 0.5) is 11.4 Å². The lowest BCUT2D eigenvalue weighted by Crippen LogP contribution is -2.31. The summed E-state index contributed by atoms with van der Waals surface area (Å²) in [5.74, 6) is 1.32. The molecule has 0 bridgehead atoms. The Labute approximate surface area is 116 Å². The van der Waals surface area contributed by atoms with Crippen LogP contribution in [0.1, 0.15) is 20.8 Å². The molecule has 1 rings (SSSR count). The van der Waals surface area contributed by atoms with Crippen molar-refractivity contribution in [2.75, 3.05) is 44.0 Å². The van der Waals surface area contributed by atoms with E-state index < -0.39 is 0 Å². The first-order chi connectivity index (χ1) is 9.10. The summed E-state index contributed by atoms with van der Waals surface area (Å²) in [7, 11) is 1.72. The van der Waals surface area contributed by atoms with E-state index in [0.29, 0.717) is 24.8 Å². The Balaban J connectivity index is 2.96. The van der Waals surface area contributed by atoms with Crippen molar-refractivity contribution >= 4 is 11.4 Å². The number of nitrogens with zero attached hydrogens (tertiary/aromatic N) is 1. The number of methoxy groups -OCH3 is 1. The quantitative estimate of drug-likeness (QED) is 0.735. The number of nitrogens with two attached hydrogens (primary N) is 1. The van der Waals surface area contributed by atoms with E-state index in [0.717, 1.165) is 24.5 Å². The first-order valence-electron chi connectivity index (χ1n) is 6.85. The molecule has 19 heavy (non-hydrogen) atoms. The fraction of sp³-hybridized carbons (Fsp3) is 0.600. The minimum Gasteiger partial charge on any atom is -0.492 e. The molecule has 0 aliphatic heterocycles. The van der Waals surface area contributed by atoms with Gasteiger partial charge in [0, 0.05) is 20.2 Å². The Kier molecular flexibility index (Phi) is 6.50. The summed E-state index contributed by atoms with van der Waals surface area (Å²) in [6.45, 7) is 9.44. The molecule has 0 saturated carbocycles. The Morgan fingerprint density at radius 3 is 2.63 bits per heavy atom. The van der Waals surface area contributed by atoms with E-state index in [-0.39, 0.29) is 0 Å². The SMILES string of the molecule is CCOc1cccc(N(CCOC)CC(C)C)c1N. The Bertz CT molecular complexity index is 380. The highest BCUT2D eigenvalue weighted by molar-refractivity contribution is 5.74. The standard InChI is InChI=1S/C15H26N2O2/c1-5-19-14-8-6-7-13(15(14)16)17(9-10-18-4)11-12(2)3/h6-8,12H,5,9-11,16H2,1-4H3. The molecule has 0 aromatic heterocycles. The average Bonchev–Trinajstić information content (AvgIpc) is 2.37. The smallest absolute Gasteiger partial charge is 0.144 e. The molecule has 0 amide bonds. The van der Waals surface area contributed by atoms with Crippen molar-refractivity contribution in [3.8, 4) is 5.75 Å². The highest BCUT2D eigenvalue weighted by Gasteiger charge is 2.14. The van der Waals surface area contributed by atoms with E-state index >= 15 is 0 Å². The zero-order valence-corrected chi connectivity index (χ0v) is 12.5. The van der Waals surface area contributed by atoms with Crippen LogP contribution < -0.4 is 15.4 Å². The third-order valence-electron chi connectivity index (χ3n) is 2.83. The van der Waals surface area contributed by atoms with Crippen molar-refractivity contribution in [2.45, 2.75) is 20.8 Å². The molecule has 0 unspecified atom stereocenters. The fourth-order valence-corrected chi connectivity index (χ4v) is 2.04. The van der Waals surface area contributed by atoms with Crippen LogP contribution in [0.5, 0.6) is 5.75 Å². The normalized spacial score (nSPS) is 10.8. The van der Waals surface area contributed by atoms with Crippen molar-refractivity contribution in [1.29, 1.82) is 0 Å². The molecular formula is C15H26N2O2. The number of benzene rings is 1. The van der Waals surface area contributed by atoms with Crippen molar-refractivity contribution in [3.63, 3.8) is 0 Å². The van der Waals surface area contributed by atoms with Gasteiger partial charge in [-0.05, 0) is 25.0 Å². The molecule has 0 heterocycles. The second-order valence-corrected chi connectivity index (χ2v) is 4.95. The molecule has 108 valence electrons. The molecule has 2 N–H and O–H groups in total. The zero-order chi connectivity index (χ0) is 14.3. The predicted octanol–water partition coefficient (Wildman–Crippen LogP) is 2.78. The molecule has 4 nitrogen and oxygen atoms in total. The average molecular weight is 266 g/mol. The lowest BCUT2D eigenvalue weighted by atomic mass is 10.1. The van der Waals surface area contributed by atoms with E-state index in [1.54, 1.807) is 7.11 Å². The maximum Gasteiger partial charge on any atom is 0.144 e. The largest absolute Gasteiger partial charge is 0.492 e. The number of hydrogen-bond donors (Lipinski definition) is 1. The van der Waals surface area contributed by atoms with Crippen LogP contribution in [0.2, 0.25) is 0 Å². The van der Waals surface area contributed by atoms with Crippen molar-refractivity contribution in [1.82, 2.24) is 0 Å². The van der Waals surface area contributed by atoms with Crippen molar-refractivity contribution < 1.29 is 9.47 Å². The molecule has 0 radical (unpaired) electrons. The van der Waals surface area contributed by atoms with Crippen molar-refractivity contribution in [3.05, 3.63) is 18.2 Å². The predicted molar refractivity (Wildman–Crippen MR) is 81.0 cm³/mol. The molecule has 0 fully saturated rings. The van der Waals surface area contributed by atoms with Gasteiger partial charge in [-0.25, -0.2) is 0 Å². The number of anilines is 2. The minimum atomic E-state index is 0.562. The fourth-order valence-electron chi connectivity index (χ4n) is 2.04. The Hall–Kier alpha value is -1.42. The number of nitrogen functional groups attached to an aromatic ring is 1. The maximum atomic E-state index is 6.21. The minimum absolute atomic E-state index is 0.562. The maximum absolute atomic E-state index is 6.21. The third kappa shape index (κ3) is 4.63. The summed E-state index contributed by atoms with van der Waals surface area (Å²) in [6, 6.07) is 5.93. The summed E-state index contributed by atoms with van der Waals surface area (Å²) >= 11 is 0. The van der Waals surface area contributed by atoms with Crippen LogP contribution in [0.15, 0.2) is 18.2 Å². The van der Waals surface area contributed by atoms with Crippen LogP contribution >= 0.6 is 0 Å². The zero-order valence-electron chi connectivity index (χ0n) is 12.5. The molecule has 0 spiro atoms. The van der Waals surface area contributed by atoms with Gasteiger partial charge >= 0.3 is 0 Å². The van der Waals surface area contributed by atoms with Gasteiger partial charge in [0.15, 0.2) is 0 Å². The van der Waals surface area contributed by atoms with Crippen LogP contribution in [0.3, 0.4) is 0 Å². The highest BCUT2D eigenvalue weighted by Crippen LogP contribution is 2.32. The molecule has 0 atom stereocenters. The summed E-state index contributed by atoms with van der Waals surface area (Å²) in [5, 5.41) is 0. The molecule has 1 aromatic carbocycles. The first-order valence-corrected chi connectivity index (χ1v) is 6.85. The Morgan fingerprint density at radius 2 is 2.05 bits per heavy atom. The van der Waals surface area contributed by atoms with Gasteiger partial charge in [0.2, 0.25) is 0 Å². The van der Waals surface area contributed by atoms with Gasteiger partial charge in [-0.2, -0.15) is 0 Å². The lowest BCUT2D eigenvalue weighted by molar-refractivity contribution is 0.204.